The summed E-state index contributed by atoms with van der Waals surface area (Å²) in [7, 11) is 0. The lowest BCUT2D eigenvalue weighted by molar-refractivity contribution is 0.468. The highest BCUT2D eigenvalue weighted by molar-refractivity contribution is 6.18. The van der Waals surface area contributed by atoms with Crippen LogP contribution < -0.4 is 5.32 Å². The van der Waals surface area contributed by atoms with E-state index in [1.807, 2.05) is 0 Å². The molecule has 0 amide bonds. The monoisotopic (exact) mass is 177 g/mol. The lowest BCUT2D eigenvalue weighted by Crippen LogP contribution is -2.26. The predicted octanol–water partition coefficient (Wildman–Crippen LogP) is 2.50. The van der Waals surface area contributed by atoms with Gasteiger partial charge in [-0.05, 0) is 24.9 Å². The van der Waals surface area contributed by atoms with E-state index in [1.54, 1.807) is 0 Å². The number of hydrogen-bond donors (Lipinski definition) is 1. The van der Waals surface area contributed by atoms with Crippen LogP contribution in [0, 0.1) is 11.8 Å². The molecule has 0 aromatic rings. The largest absolute Gasteiger partial charge is 0.316 e. The van der Waals surface area contributed by atoms with Gasteiger partial charge >= 0.3 is 0 Å². The molecule has 0 aromatic heterocycles. The number of hydrogen-bond acceptors (Lipinski definition) is 1. The summed E-state index contributed by atoms with van der Waals surface area (Å²) in [6.45, 7) is 8.82. The fourth-order valence-electron chi connectivity index (χ4n) is 0.775. The van der Waals surface area contributed by atoms with Gasteiger partial charge in [0, 0.05) is 5.88 Å². The minimum absolute atomic E-state index is 0.598. The molecule has 0 radical (unpaired) electrons. The average molecular weight is 178 g/mol. The maximum atomic E-state index is 5.66. The second-order valence-corrected chi connectivity index (χ2v) is 3.74. The lowest BCUT2D eigenvalue weighted by Gasteiger charge is -2.12. The van der Waals surface area contributed by atoms with Crippen molar-refractivity contribution in [3.8, 4) is 0 Å². The minimum Gasteiger partial charge on any atom is -0.316 e. The highest BCUT2D eigenvalue weighted by atomic mass is 35.5. The maximum Gasteiger partial charge on any atom is 0.0261 e. The van der Waals surface area contributed by atoms with Gasteiger partial charge in [0.25, 0.3) is 0 Å². The molecule has 0 fully saturated rings. The molecule has 2 atom stereocenters. The average Bonchev–Trinajstić information content (AvgIpc) is 2.04. The zero-order chi connectivity index (χ0) is 8.69. The molecule has 1 N–H and O–H groups in total. The van der Waals surface area contributed by atoms with Crippen LogP contribution >= 0.6 is 11.6 Å². The van der Waals surface area contributed by atoms with Crippen LogP contribution in [0.1, 0.15) is 27.2 Å². The number of nitrogens with one attached hydrogen (secondary N) is 1. The van der Waals surface area contributed by atoms with Crippen LogP contribution in [0.25, 0.3) is 0 Å². The summed E-state index contributed by atoms with van der Waals surface area (Å²) in [5.41, 5.74) is 0. The summed E-state index contributed by atoms with van der Waals surface area (Å²) < 4.78 is 0. The highest BCUT2D eigenvalue weighted by Crippen LogP contribution is 1.99. The van der Waals surface area contributed by atoms with Gasteiger partial charge in [-0.25, -0.2) is 0 Å². The minimum atomic E-state index is 0.598. The van der Waals surface area contributed by atoms with Gasteiger partial charge in [-0.15, -0.1) is 11.6 Å². The van der Waals surface area contributed by atoms with Gasteiger partial charge in [-0.2, -0.15) is 0 Å². The molecule has 0 rings (SSSR count). The molecule has 0 saturated heterocycles. The highest BCUT2D eigenvalue weighted by Gasteiger charge is 2.00. The van der Waals surface area contributed by atoms with Gasteiger partial charge in [0.15, 0.2) is 0 Å². The van der Waals surface area contributed by atoms with Crippen LogP contribution in [0.3, 0.4) is 0 Å². The Morgan fingerprint density at radius 2 is 1.73 bits per heavy atom. The predicted molar refractivity (Wildman–Crippen MR) is 52.2 cm³/mol. The second-order valence-electron chi connectivity index (χ2n) is 3.43. The Morgan fingerprint density at radius 1 is 1.18 bits per heavy atom. The van der Waals surface area contributed by atoms with Crippen LogP contribution in [-0.2, 0) is 0 Å². The molecule has 11 heavy (non-hydrogen) atoms. The Kier molecular flexibility index (Phi) is 7.09. The van der Waals surface area contributed by atoms with Crippen molar-refractivity contribution < 1.29 is 0 Å². The van der Waals surface area contributed by atoms with E-state index in [4.69, 9.17) is 11.6 Å². The Labute approximate surface area is 75.5 Å². The first-order valence-electron chi connectivity index (χ1n) is 4.47. The van der Waals surface area contributed by atoms with Crippen molar-refractivity contribution >= 4 is 11.6 Å². The zero-order valence-electron chi connectivity index (χ0n) is 7.86. The van der Waals surface area contributed by atoms with Crippen LogP contribution in [-0.4, -0.2) is 19.0 Å². The van der Waals surface area contributed by atoms with E-state index >= 15 is 0 Å². The topological polar surface area (TPSA) is 12.0 Å². The molecule has 0 aromatic carbocycles. The molecule has 2 heteroatoms. The van der Waals surface area contributed by atoms with Crippen molar-refractivity contribution in [3.05, 3.63) is 0 Å². The third-order valence-corrected chi connectivity index (χ3v) is 2.47. The third-order valence-electron chi connectivity index (χ3n) is 1.95. The van der Waals surface area contributed by atoms with Crippen molar-refractivity contribution in [1.29, 1.82) is 0 Å². The molecule has 0 aliphatic rings. The van der Waals surface area contributed by atoms with Crippen LogP contribution in [0.2, 0.25) is 0 Å². The number of alkyl halides is 1. The SMILES string of the molecule is CCC(C)CNCC(C)CCl. The summed E-state index contributed by atoms with van der Waals surface area (Å²) in [6.07, 6.45) is 1.25. The first-order valence-corrected chi connectivity index (χ1v) is 5.00. The maximum absolute atomic E-state index is 5.66. The number of halogens is 1. The third kappa shape index (κ3) is 6.64. The van der Waals surface area contributed by atoms with Crippen molar-refractivity contribution in [1.82, 2.24) is 5.32 Å². The van der Waals surface area contributed by atoms with Crippen molar-refractivity contribution in [2.24, 2.45) is 11.8 Å². The van der Waals surface area contributed by atoms with E-state index in [0.717, 1.165) is 24.9 Å². The normalized spacial score (nSPS) is 16.4. The quantitative estimate of drug-likeness (QED) is 0.615. The van der Waals surface area contributed by atoms with Crippen molar-refractivity contribution in [3.63, 3.8) is 0 Å². The van der Waals surface area contributed by atoms with Gasteiger partial charge in [-0.1, -0.05) is 27.2 Å². The molecule has 0 aliphatic heterocycles. The van der Waals surface area contributed by atoms with E-state index in [2.05, 4.69) is 26.1 Å². The van der Waals surface area contributed by atoms with Crippen molar-refractivity contribution in [2.75, 3.05) is 19.0 Å². The van der Waals surface area contributed by atoms with E-state index in [1.165, 1.54) is 6.42 Å². The fourth-order valence-corrected chi connectivity index (χ4v) is 0.884. The fraction of sp³-hybridized carbons (Fsp3) is 1.00. The Bertz CT molecular complexity index is 75.6. The van der Waals surface area contributed by atoms with Gasteiger partial charge in [-0.3, -0.25) is 0 Å². The zero-order valence-corrected chi connectivity index (χ0v) is 8.62. The molecule has 0 saturated carbocycles. The Balaban J connectivity index is 3.13. The molecule has 0 aliphatic carbocycles. The molecule has 68 valence electrons. The van der Waals surface area contributed by atoms with Crippen LogP contribution in [0.4, 0.5) is 0 Å². The van der Waals surface area contributed by atoms with Gasteiger partial charge < -0.3 is 5.32 Å². The Morgan fingerprint density at radius 3 is 2.18 bits per heavy atom. The molecule has 0 bridgehead atoms. The van der Waals surface area contributed by atoms with Crippen molar-refractivity contribution in [2.45, 2.75) is 27.2 Å². The summed E-state index contributed by atoms with van der Waals surface area (Å²) >= 11 is 5.66. The molecule has 1 nitrogen and oxygen atoms in total. The van der Waals surface area contributed by atoms with Crippen LogP contribution in [0.5, 0.6) is 0 Å². The smallest absolute Gasteiger partial charge is 0.0261 e. The first-order chi connectivity index (χ1) is 5.20. The van der Waals surface area contributed by atoms with Gasteiger partial charge in [0.05, 0.1) is 0 Å². The summed E-state index contributed by atoms with van der Waals surface area (Å²) in [5.74, 6) is 2.14. The Hall–Kier alpha value is 0.250. The lowest BCUT2D eigenvalue weighted by atomic mass is 10.1. The molecule has 2 unspecified atom stereocenters. The molecule has 0 heterocycles. The van der Waals surface area contributed by atoms with E-state index in [9.17, 15) is 0 Å². The molecular formula is C9H20ClN. The van der Waals surface area contributed by atoms with Gasteiger partial charge in [0.1, 0.15) is 0 Å². The van der Waals surface area contributed by atoms with Gasteiger partial charge in [0.2, 0.25) is 0 Å². The standard InChI is InChI=1S/C9H20ClN/c1-4-8(2)6-11-7-9(3)5-10/h8-9,11H,4-7H2,1-3H3. The van der Waals surface area contributed by atoms with E-state index in [0.29, 0.717) is 5.92 Å². The summed E-state index contributed by atoms with van der Waals surface area (Å²) in [4.78, 5) is 0. The van der Waals surface area contributed by atoms with E-state index < -0.39 is 0 Å². The second kappa shape index (κ2) is 6.93. The molecule has 0 spiro atoms. The van der Waals surface area contributed by atoms with E-state index in [-0.39, 0.29) is 0 Å². The van der Waals surface area contributed by atoms with Crippen LogP contribution in [0.15, 0.2) is 0 Å². The first kappa shape index (κ1) is 11.2. The number of rotatable bonds is 6. The summed E-state index contributed by atoms with van der Waals surface area (Å²) in [6, 6.07) is 0. The summed E-state index contributed by atoms with van der Waals surface area (Å²) in [5, 5.41) is 3.40. The molecular weight excluding hydrogens is 158 g/mol.